The summed E-state index contributed by atoms with van der Waals surface area (Å²) in [5, 5.41) is 0. The number of hydrogen-bond donors (Lipinski definition) is 2. The lowest BCUT2D eigenvalue weighted by Gasteiger charge is -2.23. The Bertz CT molecular complexity index is 443. The molecule has 1 aliphatic heterocycles. The standard InChI is InChI=1S/C11H11N3O2/c15-8-12-13-11(16)14-6-5-9-3-1-2-4-10(9)7-14/h1-6,8H,7H2,(H,12,15)(H,13,16). The summed E-state index contributed by atoms with van der Waals surface area (Å²) >= 11 is 0. The number of nitrogens with one attached hydrogen (secondary N) is 2. The molecule has 1 aliphatic rings. The van der Waals surface area contributed by atoms with E-state index in [1.807, 2.05) is 30.3 Å². The molecule has 0 atom stereocenters. The van der Waals surface area contributed by atoms with E-state index in [2.05, 4.69) is 10.9 Å². The van der Waals surface area contributed by atoms with E-state index < -0.39 is 0 Å². The topological polar surface area (TPSA) is 61.4 Å². The number of hydrazine groups is 1. The van der Waals surface area contributed by atoms with Crippen LogP contribution in [-0.2, 0) is 11.3 Å². The first-order valence-electron chi connectivity index (χ1n) is 4.83. The maximum Gasteiger partial charge on any atom is 0.340 e. The quantitative estimate of drug-likeness (QED) is 0.569. The molecule has 1 aromatic carbocycles. The van der Waals surface area contributed by atoms with Crippen molar-refractivity contribution in [2.24, 2.45) is 0 Å². The van der Waals surface area contributed by atoms with Gasteiger partial charge in [-0.2, -0.15) is 0 Å². The third kappa shape index (κ3) is 2.03. The van der Waals surface area contributed by atoms with Crippen LogP contribution >= 0.6 is 0 Å². The highest BCUT2D eigenvalue weighted by atomic mass is 16.2. The minimum absolute atomic E-state index is 0.363. The fraction of sp³-hybridized carbons (Fsp3) is 0.0909. The lowest BCUT2D eigenvalue weighted by molar-refractivity contribution is -0.110. The van der Waals surface area contributed by atoms with E-state index in [9.17, 15) is 9.59 Å². The largest absolute Gasteiger partial charge is 0.340 e. The molecule has 1 heterocycles. The van der Waals surface area contributed by atoms with Gasteiger partial charge in [-0.3, -0.25) is 15.1 Å². The summed E-state index contributed by atoms with van der Waals surface area (Å²) in [4.78, 5) is 23.0. The van der Waals surface area contributed by atoms with Crippen LogP contribution in [-0.4, -0.2) is 17.3 Å². The van der Waals surface area contributed by atoms with Crippen molar-refractivity contribution in [2.45, 2.75) is 6.54 Å². The van der Waals surface area contributed by atoms with Gasteiger partial charge in [0.1, 0.15) is 0 Å². The van der Waals surface area contributed by atoms with Crippen LogP contribution in [0.5, 0.6) is 0 Å². The van der Waals surface area contributed by atoms with Crippen molar-refractivity contribution in [3.05, 3.63) is 41.6 Å². The Kier molecular flexibility index (Phi) is 2.86. The lowest BCUT2D eigenvalue weighted by atomic mass is 10.0. The Hall–Kier alpha value is -2.30. The highest BCUT2D eigenvalue weighted by Crippen LogP contribution is 2.18. The van der Waals surface area contributed by atoms with E-state index in [-0.39, 0.29) is 6.03 Å². The van der Waals surface area contributed by atoms with Crippen LogP contribution in [0.3, 0.4) is 0 Å². The van der Waals surface area contributed by atoms with Crippen molar-refractivity contribution in [1.82, 2.24) is 15.8 Å². The first kappa shape index (κ1) is 10.2. The van der Waals surface area contributed by atoms with Crippen molar-refractivity contribution in [3.8, 4) is 0 Å². The molecule has 5 nitrogen and oxygen atoms in total. The minimum atomic E-state index is -0.363. The highest BCUT2D eigenvalue weighted by molar-refractivity contribution is 5.78. The molecular formula is C11H11N3O2. The maximum atomic E-state index is 11.5. The Morgan fingerprint density at radius 3 is 3.00 bits per heavy atom. The molecule has 3 amide bonds. The van der Waals surface area contributed by atoms with Gasteiger partial charge in [-0.05, 0) is 17.2 Å². The molecule has 0 aromatic heterocycles. The average molecular weight is 217 g/mol. The second kappa shape index (κ2) is 4.48. The van der Waals surface area contributed by atoms with Crippen LogP contribution in [0.1, 0.15) is 11.1 Å². The summed E-state index contributed by atoms with van der Waals surface area (Å²) in [6.45, 7) is 0.499. The van der Waals surface area contributed by atoms with E-state index in [4.69, 9.17) is 0 Å². The molecule has 0 saturated carbocycles. The fourth-order valence-corrected chi connectivity index (χ4v) is 1.55. The number of amides is 3. The monoisotopic (exact) mass is 217 g/mol. The van der Waals surface area contributed by atoms with Gasteiger partial charge in [0.2, 0.25) is 6.41 Å². The maximum absolute atomic E-state index is 11.5. The lowest BCUT2D eigenvalue weighted by Crippen LogP contribution is -2.44. The zero-order valence-electron chi connectivity index (χ0n) is 8.51. The highest BCUT2D eigenvalue weighted by Gasteiger charge is 2.15. The SMILES string of the molecule is O=CNNC(=O)N1C=Cc2ccccc2C1. The molecule has 0 fully saturated rings. The van der Waals surface area contributed by atoms with Gasteiger partial charge in [0.15, 0.2) is 0 Å². The van der Waals surface area contributed by atoms with Crippen molar-refractivity contribution in [2.75, 3.05) is 0 Å². The number of fused-ring (bicyclic) bond motifs is 1. The predicted molar refractivity (Wildman–Crippen MR) is 58.8 cm³/mol. The van der Waals surface area contributed by atoms with E-state index in [0.717, 1.165) is 11.1 Å². The number of carbonyl (C=O) groups excluding carboxylic acids is 2. The molecule has 0 radical (unpaired) electrons. The Labute approximate surface area is 92.7 Å². The van der Waals surface area contributed by atoms with Crippen LogP contribution in [0.4, 0.5) is 4.79 Å². The molecule has 2 N–H and O–H groups in total. The summed E-state index contributed by atoms with van der Waals surface area (Å²) in [7, 11) is 0. The molecule has 0 spiro atoms. The van der Waals surface area contributed by atoms with Crippen LogP contribution in [0, 0.1) is 0 Å². The predicted octanol–water partition coefficient (Wildman–Crippen LogP) is 0.843. The van der Waals surface area contributed by atoms with Gasteiger partial charge in [0.05, 0.1) is 6.54 Å². The molecule has 2 rings (SSSR count). The molecule has 82 valence electrons. The summed E-state index contributed by atoms with van der Waals surface area (Å²) in [5.41, 5.74) is 6.55. The number of carbonyl (C=O) groups is 2. The molecule has 0 saturated heterocycles. The summed E-state index contributed by atoms with van der Waals surface area (Å²) in [6.07, 6.45) is 3.96. The minimum Gasteiger partial charge on any atom is -0.295 e. The van der Waals surface area contributed by atoms with E-state index >= 15 is 0 Å². The van der Waals surface area contributed by atoms with Gasteiger partial charge in [-0.15, -0.1) is 0 Å². The van der Waals surface area contributed by atoms with Crippen molar-refractivity contribution in [1.29, 1.82) is 0 Å². The number of hydrogen-bond acceptors (Lipinski definition) is 2. The van der Waals surface area contributed by atoms with Gasteiger partial charge in [0, 0.05) is 6.20 Å². The zero-order valence-corrected chi connectivity index (χ0v) is 8.51. The van der Waals surface area contributed by atoms with Gasteiger partial charge in [-0.1, -0.05) is 24.3 Å². The number of nitrogens with zero attached hydrogens (tertiary/aromatic N) is 1. The molecule has 16 heavy (non-hydrogen) atoms. The van der Waals surface area contributed by atoms with Crippen LogP contribution in [0.25, 0.3) is 6.08 Å². The van der Waals surface area contributed by atoms with Gasteiger partial charge in [-0.25, -0.2) is 10.2 Å². The Morgan fingerprint density at radius 2 is 2.19 bits per heavy atom. The number of urea groups is 1. The van der Waals surface area contributed by atoms with E-state index in [1.165, 1.54) is 4.90 Å². The molecule has 1 aromatic rings. The van der Waals surface area contributed by atoms with Crippen LogP contribution < -0.4 is 10.9 Å². The summed E-state index contributed by atoms with van der Waals surface area (Å²) in [6, 6.07) is 7.47. The number of rotatable bonds is 2. The summed E-state index contributed by atoms with van der Waals surface area (Å²) < 4.78 is 0. The fourth-order valence-electron chi connectivity index (χ4n) is 1.55. The van der Waals surface area contributed by atoms with Gasteiger partial charge < -0.3 is 0 Å². The van der Waals surface area contributed by atoms with Gasteiger partial charge >= 0.3 is 6.03 Å². The molecule has 0 bridgehead atoms. The Morgan fingerprint density at radius 1 is 1.38 bits per heavy atom. The van der Waals surface area contributed by atoms with E-state index in [1.54, 1.807) is 6.20 Å². The second-order valence-corrected chi connectivity index (χ2v) is 3.33. The molecule has 0 aliphatic carbocycles. The van der Waals surface area contributed by atoms with Crippen molar-refractivity contribution >= 4 is 18.5 Å². The molecule has 5 heteroatoms. The first-order chi connectivity index (χ1) is 7.81. The van der Waals surface area contributed by atoms with Gasteiger partial charge in [0.25, 0.3) is 0 Å². The first-order valence-corrected chi connectivity index (χ1v) is 4.83. The van der Waals surface area contributed by atoms with Crippen molar-refractivity contribution < 1.29 is 9.59 Å². The molecular weight excluding hydrogens is 206 g/mol. The number of benzene rings is 1. The van der Waals surface area contributed by atoms with Crippen molar-refractivity contribution in [3.63, 3.8) is 0 Å². The van der Waals surface area contributed by atoms with Crippen LogP contribution in [0.15, 0.2) is 30.5 Å². The van der Waals surface area contributed by atoms with E-state index in [0.29, 0.717) is 13.0 Å². The van der Waals surface area contributed by atoms with Crippen LogP contribution in [0.2, 0.25) is 0 Å². The third-order valence-corrected chi connectivity index (χ3v) is 2.33. The molecule has 0 unspecified atom stereocenters. The third-order valence-electron chi connectivity index (χ3n) is 2.33. The smallest absolute Gasteiger partial charge is 0.295 e. The zero-order chi connectivity index (χ0) is 11.4. The average Bonchev–Trinajstić information content (AvgIpc) is 2.35. The second-order valence-electron chi connectivity index (χ2n) is 3.33. The Balaban J connectivity index is 2.08. The normalized spacial score (nSPS) is 12.9. The summed E-state index contributed by atoms with van der Waals surface area (Å²) in [5.74, 6) is 0.